The lowest BCUT2D eigenvalue weighted by Gasteiger charge is -2.36. The van der Waals surface area contributed by atoms with Crippen LogP contribution in [0.2, 0.25) is 0 Å². The number of methoxy groups -OCH3 is 1. The zero-order valence-electron chi connectivity index (χ0n) is 18.6. The van der Waals surface area contributed by atoms with E-state index >= 15 is 0 Å². The number of amides is 1. The van der Waals surface area contributed by atoms with Crippen LogP contribution in [0, 0.1) is 20.8 Å². The lowest BCUT2D eigenvalue weighted by Crippen LogP contribution is -2.39. The number of nitrogens with zero attached hydrogens (tertiary/aromatic N) is 4. The molecule has 6 heteroatoms. The predicted octanol–water partition coefficient (Wildman–Crippen LogP) is 4.84. The van der Waals surface area contributed by atoms with Gasteiger partial charge in [-0.05, 0) is 68.9 Å². The molecule has 1 amide bonds. The van der Waals surface area contributed by atoms with Crippen molar-refractivity contribution in [2.45, 2.75) is 46.1 Å². The molecule has 0 bridgehead atoms. The summed E-state index contributed by atoms with van der Waals surface area (Å²) < 4.78 is 5.58. The van der Waals surface area contributed by atoms with Gasteiger partial charge in [0.15, 0.2) is 0 Å². The Bertz CT molecular complexity index is 1110. The number of aromatic nitrogens is 3. The summed E-state index contributed by atoms with van der Waals surface area (Å²) in [5, 5.41) is 0. The van der Waals surface area contributed by atoms with E-state index in [1.165, 1.54) is 0 Å². The SMILES string of the molecule is COc1c(C)cccc1C(=O)N1CCCC[C@H]1c1nc(C)ncc1-c1ccncc1C. The molecule has 1 aromatic carbocycles. The molecule has 0 N–H and O–H groups in total. The fraction of sp³-hybridized carbons (Fsp3) is 0.360. The van der Waals surface area contributed by atoms with E-state index in [-0.39, 0.29) is 11.9 Å². The lowest BCUT2D eigenvalue weighted by molar-refractivity contribution is 0.0603. The van der Waals surface area contributed by atoms with Crippen LogP contribution in [-0.2, 0) is 0 Å². The molecule has 0 unspecified atom stereocenters. The fourth-order valence-corrected chi connectivity index (χ4v) is 4.43. The molecule has 4 rings (SSSR count). The molecule has 3 aromatic rings. The van der Waals surface area contributed by atoms with E-state index in [4.69, 9.17) is 9.72 Å². The molecule has 6 nitrogen and oxygen atoms in total. The number of carbonyl (C=O) groups excluding carboxylic acids is 1. The normalized spacial score (nSPS) is 16.3. The smallest absolute Gasteiger partial charge is 0.258 e. The molecule has 0 aliphatic carbocycles. The number of hydrogen-bond donors (Lipinski definition) is 0. The first-order valence-electron chi connectivity index (χ1n) is 10.7. The van der Waals surface area contributed by atoms with Crippen LogP contribution in [0.5, 0.6) is 5.75 Å². The van der Waals surface area contributed by atoms with Gasteiger partial charge in [0.2, 0.25) is 0 Å². The van der Waals surface area contributed by atoms with Gasteiger partial charge in [-0.25, -0.2) is 9.97 Å². The van der Waals surface area contributed by atoms with E-state index in [2.05, 4.69) is 9.97 Å². The quantitative estimate of drug-likeness (QED) is 0.609. The fourth-order valence-electron chi connectivity index (χ4n) is 4.43. The van der Waals surface area contributed by atoms with Gasteiger partial charge in [0.05, 0.1) is 24.4 Å². The Balaban J connectivity index is 1.81. The minimum Gasteiger partial charge on any atom is -0.496 e. The van der Waals surface area contributed by atoms with Gasteiger partial charge in [-0.2, -0.15) is 0 Å². The molecule has 1 saturated heterocycles. The molecular formula is C25H28N4O2. The van der Waals surface area contributed by atoms with Crippen molar-refractivity contribution in [1.82, 2.24) is 19.9 Å². The lowest BCUT2D eigenvalue weighted by atomic mass is 9.92. The molecule has 2 aromatic heterocycles. The summed E-state index contributed by atoms with van der Waals surface area (Å²) in [5.74, 6) is 1.33. The third kappa shape index (κ3) is 4.02. The highest BCUT2D eigenvalue weighted by Gasteiger charge is 2.33. The van der Waals surface area contributed by atoms with Crippen LogP contribution in [0.3, 0.4) is 0 Å². The number of likely N-dealkylation sites (tertiary alicyclic amines) is 1. The highest BCUT2D eigenvalue weighted by molar-refractivity contribution is 5.97. The van der Waals surface area contributed by atoms with E-state index in [0.717, 1.165) is 47.2 Å². The van der Waals surface area contributed by atoms with E-state index in [9.17, 15) is 4.79 Å². The van der Waals surface area contributed by atoms with Gasteiger partial charge >= 0.3 is 0 Å². The first-order chi connectivity index (χ1) is 15.0. The van der Waals surface area contributed by atoms with Gasteiger partial charge in [-0.3, -0.25) is 9.78 Å². The second kappa shape index (κ2) is 8.84. The molecule has 0 spiro atoms. The Morgan fingerprint density at radius 1 is 1.06 bits per heavy atom. The van der Waals surface area contributed by atoms with Crippen molar-refractivity contribution >= 4 is 5.91 Å². The number of carbonyl (C=O) groups is 1. The van der Waals surface area contributed by atoms with Crippen molar-refractivity contribution in [3.8, 4) is 16.9 Å². The average molecular weight is 417 g/mol. The molecule has 1 aliphatic heterocycles. The van der Waals surface area contributed by atoms with Crippen LogP contribution in [0.15, 0.2) is 42.9 Å². The Labute approximate surface area is 183 Å². The van der Waals surface area contributed by atoms with Crippen LogP contribution in [0.4, 0.5) is 0 Å². The molecule has 1 fully saturated rings. The number of hydrogen-bond acceptors (Lipinski definition) is 5. The highest BCUT2D eigenvalue weighted by Crippen LogP contribution is 2.38. The largest absolute Gasteiger partial charge is 0.496 e. The number of benzene rings is 1. The summed E-state index contributed by atoms with van der Waals surface area (Å²) in [7, 11) is 1.62. The number of para-hydroxylation sites is 1. The highest BCUT2D eigenvalue weighted by atomic mass is 16.5. The summed E-state index contributed by atoms with van der Waals surface area (Å²) in [4.78, 5) is 29.2. The second-order valence-corrected chi connectivity index (χ2v) is 8.07. The average Bonchev–Trinajstić information content (AvgIpc) is 2.79. The molecule has 1 aliphatic rings. The number of piperidine rings is 1. The summed E-state index contributed by atoms with van der Waals surface area (Å²) in [5.41, 5.74) is 5.53. The summed E-state index contributed by atoms with van der Waals surface area (Å²) in [6, 6.07) is 7.59. The van der Waals surface area contributed by atoms with Gasteiger partial charge in [0.25, 0.3) is 5.91 Å². The van der Waals surface area contributed by atoms with Gasteiger partial charge in [-0.1, -0.05) is 12.1 Å². The van der Waals surface area contributed by atoms with Crippen LogP contribution in [0.25, 0.3) is 11.1 Å². The third-order valence-electron chi connectivity index (χ3n) is 5.97. The second-order valence-electron chi connectivity index (χ2n) is 8.07. The molecule has 0 radical (unpaired) electrons. The maximum absolute atomic E-state index is 13.7. The minimum atomic E-state index is -0.115. The maximum Gasteiger partial charge on any atom is 0.258 e. The topological polar surface area (TPSA) is 68.2 Å². The van der Waals surface area contributed by atoms with Gasteiger partial charge in [0, 0.05) is 30.7 Å². The Morgan fingerprint density at radius 2 is 1.90 bits per heavy atom. The molecule has 0 saturated carbocycles. The van der Waals surface area contributed by atoms with Crippen molar-refractivity contribution in [3.63, 3.8) is 0 Å². The van der Waals surface area contributed by atoms with Crippen molar-refractivity contribution in [3.05, 3.63) is 71.1 Å². The number of pyridine rings is 1. The minimum absolute atomic E-state index is 0.0149. The number of aryl methyl sites for hydroxylation is 3. The maximum atomic E-state index is 13.7. The summed E-state index contributed by atoms with van der Waals surface area (Å²) in [6.45, 7) is 6.58. The first-order valence-corrected chi connectivity index (χ1v) is 10.7. The molecular weight excluding hydrogens is 388 g/mol. The van der Waals surface area contributed by atoms with Crippen LogP contribution in [0.1, 0.15) is 58.3 Å². The number of rotatable bonds is 4. The Morgan fingerprint density at radius 3 is 2.68 bits per heavy atom. The van der Waals surface area contributed by atoms with Crippen molar-refractivity contribution in [2.75, 3.05) is 13.7 Å². The van der Waals surface area contributed by atoms with Crippen molar-refractivity contribution < 1.29 is 9.53 Å². The van der Waals surface area contributed by atoms with Gasteiger partial charge < -0.3 is 9.64 Å². The van der Waals surface area contributed by atoms with Crippen molar-refractivity contribution in [1.29, 1.82) is 0 Å². The monoisotopic (exact) mass is 416 g/mol. The van der Waals surface area contributed by atoms with E-state index < -0.39 is 0 Å². The van der Waals surface area contributed by atoms with Crippen LogP contribution in [-0.4, -0.2) is 39.4 Å². The third-order valence-corrected chi connectivity index (χ3v) is 5.97. The Hall–Kier alpha value is -3.28. The molecule has 31 heavy (non-hydrogen) atoms. The molecule has 3 heterocycles. The zero-order valence-corrected chi connectivity index (χ0v) is 18.6. The van der Waals surface area contributed by atoms with Gasteiger partial charge in [-0.15, -0.1) is 0 Å². The van der Waals surface area contributed by atoms with Crippen LogP contribution >= 0.6 is 0 Å². The van der Waals surface area contributed by atoms with E-state index in [1.54, 1.807) is 13.3 Å². The standard InChI is InChI=1S/C25H28N4O2/c1-16-8-7-9-20(24(16)31-4)25(30)29-13-6-5-10-22(29)23-21(15-27-18(3)28-23)19-11-12-26-14-17(19)2/h7-9,11-12,14-15,22H,5-6,10,13H2,1-4H3/t22-/m0/s1. The first kappa shape index (κ1) is 21.0. The van der Waals surface area contributed by atoms with Crippen molar-refractivity contribution in [2.24, 2.45) is 0 Å². The zero-order chi connectivity index (χ0) is 22.0. The molecule has 160 valence electrons. The molecule has 1 atom stereocenters. The van der Waals surface area contributed by atoms with Gasteiger partial charge in [0.1, 0.15) is 11.6 Å². The number of ether oxygens (including phenoxy) is 1. The predicted molar refractivity (Wildman–Crippen MR) is 120 cm³/mol. The van der Waals surface area contributed by atoms with E-state index in [1.807, 2.05) is 62.3 Å². The summed E-state index contributed by atoms with van der Waals surface area (Å²) >= 11 is 0. The van der Waals surface area contributed by atoms with Crippen LogP contribution < -0.4 is 4.74 Å². The Kier molecular flexibility index (Phi) is 5.98. The summed E-state index contributed by atoms with van der Waals surface area (Å²) in [6.07, 6.45) is 8.41. The van der Waals surface area contributed by atoms with E-state index in [0.29, 0.717) is 23.7 Å².